The van der Waals surface area contributed by atoms with Crippen LogP contribution < -0.4 is 5.32 Å². The highest BCUT2D eigenvalue weighted by Crippen LogP contribution is 2.19. The number of methoxy groups -OCH3 is 1. The lowest BCUT2D eigenvalue weighted by Gasteiger charge is -2.16. The number of hydrogen-bond acceptors (Lipinski definition) is 3. The molecule has 2 N–H and O–H groups in total. The fourth-order valence-electron chi connectivity index (χ4n) is 0.582. The van der Waals surface area contributed by atoms with Crippen LogP contribution in [0.5, 0.6) is 0 Å². The minimum absolute atomic E-state index is 0.116. The Morgan fingerprint density at radius 1 is 1.62 bits per heavy atom. The Kier molecular flexibility index (Phi) is 4.79. The summed E-state index contributed by atoms with van der Waals surface area (Å²) in [6, 6.07) is 0. The minimum Gasteiger partial charge on any atom is -0.384 e. The maximum Gasteiger partial charge on any atom is 0.416 e. The van der Waals surface area contributed by atoms with Crippen molar-refractivity contribution < 1.29 is 23.0 Å². The van der Waals surface area contributed by atoms with Crippen LogP contribution in [-0.4, -0.2) is 37.6 Å². The number of aliphatic hydroxyl groups excluding tert-OH is 1. The van der Waals surface area contributed by atoms with Crippen molar-refractivity contribution in [3.05, 3.63) is 12.3 Å². The average Bonchev–Trinajstić information content (AvgIpc) is 1.99. The van der Waals surface area contributed by atoms with E-state index in [0.29, 0.717) is 5.70 Å². The molecule has 0 radical (unpaired) electrons. The zero-order chi connectivity index (χ0) is 10.5. The highest BCUT2D eigenvalue weighted by atomic mass is 19.4. The first-order valence-electron chi connectivity index (χ1n) is 3.53. The van der Waals surface area contributed by atoms with Crippen LogP contribution in [0.2, 0.25) is 0 Å². The van der Waals surface area contributed by atoms with Gasteiger partial charge in [-0.15, -0.1) is 0 Å². The van der Waals surface area contributed by atoms with E-state index < -0.39 is 18.8 Å². The third-order valence-corrected chi connectivity index (χ3v) is 1.24. The fourth-order valence-corrected chi connectivity index (χ4v) is 0.582. The number of nitrogens with one attached hydrogen (secondary N) is 1. The van der Waals surface area contributed by atoms with Crippen LogP contribution in [0.3, 0.4) is 0 Å². The summed E-state index contributed by atoms with van der Waals surface area (Å²) in [5.41, 5.74) is 0.297. The molecule has 0 rings (SSSR count). The smallest absolute Gasteiger partial charge is 0.384 e. The summed E-state index contributed by atoms with van der Waals surface area (Å²) >= 11 is 0. The number of rotatable bonds is 5. The molecule has 0 aromatic carbocycles. The SMILES string of the molecule is C=C(COC)NCC(O)C(F)(F)F. The van der Waals surface area contributed by atoms with Crippen LogP contribution in [0.4, 0.5) is 13.2 Å². The largest absolute Gasteiger partial charge is 0.416 e. The number of ether oxygens (including phenoxy) is 1. The van der Waals surface area contributed by atoms with E-state index in [1.807, 2.05) is 0 Å². The molecule has 13 heavy (non-hydrogen) atoms. The summed E-state index contributed by atoms with van der Waals surface area (Å²) in [6.07, 6.45) is -6.97. The molecular formula is C7H12F3NO2. The van der Waals surface area contributed by atoms with Gasteiger partial charge in [-0.3, -0.25) is 0 Å². The van der Waals surface area contributed by atoms with Gasteiger partial charge in [-0.1, -0.05) is 6.58 Å². The molecule has 1 unspecified atom stereocenters. The molecule has 0 aromatic rings. The number of aliphatic hydroxyl groups is 1. The van der Waals surface area contributed by atoms with Crippen LogP contribution in [0, 0.1) is 0 Å². The van der Waals surface area contributed by atoms with Crippen molar-refractivity contribution >= 4 is 0 Å². The lowest BCUT2D eigenvalue weighted by atomic mass is 10.3. The van der Waals surface area contributed by atoms with Crippen molar-refractivity contribution in [2.24, 2.45) is 0 Å². The monoisotopic (exact) mass is 199 g/mol. The maximum atomic E-state index is 11.7. The van der Waals surface area contributed by atoms with Gasteiger partial charge in [-0.05, 0) is 0 Å². The van der Waals surface area contributed by atoms with E-state index >= 15 is 0 Å². The first kappa shape index (κ1) is 12.2. The Morgan fingerprint density at radius 3 is 2.54 bits per heavy atom. The summed E-state index contributed by atoms with van der Waals surface area (Å²) in [4.78, 5) is 0. The van der Waals surface area contributed by atoms with Gasteiger partial charge in [0.25, 0.3) is 0 Å². The van der Waals surface area contributed by atoms with E-state index in [-0.39, 0.29) is 6.61 Å². The average molecular weight is 199 g/mol. The van der Waals surface area contributed by atoms with Crippen LogP contribution in [0.1, 0.15) is 0 Å². The van der Waals surface area contributed by atoms with Crippen molar-refractivity contribution in [2.75, 3.05) is 20.3 Å². The van der Waals surface area contributed by atoms with Gasteiger partial charge in [0.1, 0.15) is 0 Å². The molecule has 1 atom stereocenters. The van der Waals surface area contributed by atoms with Gasteiger partial charge in [0.2, 0.25) is 0 Å². The van der Waals surface area contributed by atoms with Gasteiger partial charge in [-0.2, -0.15) is 13.2 Å². The molecule has 78 valence electrons. The van der Waals surface area contributed by atoms with Gasteiger partial charge in [0.15, 0.2) is 6.10 Å². The van der Waals surface area contributed by atoms with Gasteiger partial charge >= 0.3 is 6.18 Å². The van der Waals surface area contributed by atoms with Crippen LogP contribution >= 0.6 is 0 Å². The predicted molar refractivity (Wildman–Crippen MR) is 41.1 cm³/mol. The Morgan fingerprint density at radius 2 is 2.15 bits per heavy atom. The van der Waals surface area contributed by atoms with Crippen molar-refractivity contribution in [3.8, 4) is 0 Å². The highest BCUT2D eigenvalue weighted by Gasteiger charge is 2.37. The molecule has 3 nitrogen and oxygen atoms in total. The van der Waals surface area contributed by atoms with E-state index in [1.165, 1.54) is 7.11 Å². The highest BCUT2D eigenvalue weighted by molar-refractivity contribution is 4.92. The summed E-state index contributed by atoms with van der Waals surface area (Å²) in [5.74, 6) is 0. The van der Waals surface area contributed by atoms with Crippen molar-refractivity contribution in [1.82, 2.24) is 5.32 Å². The molecule has 0 spiro atoms. The number of alkyl halides is 3. The molecular weight excluding hydrogens is 187 g/mol. The quantitative estimate of drug-likeness (QED) is 0.683. The topological polar surface area (TPSA) is 41.5 Å². The molecule has 0 saturated heterocycles. The van der Waals surface area contributed by atoms with Crippen molar-refractivity contribution in [2.45, 2.75) is 12.3 Å². The van der Waals surface area contributed by atoms with Crippen LogP contribution in [-0.2, 0) is 4.74 Å². The Bertz CT molecular complexity index is 170. The number of hydrogen-bond donors (Lipinski definition) is 2. The number of halogens is 3. The molecule has 0 heterocycles. The molecule has 0 fully saturated rings. The molecule has 0 bridgehead atoms. The summed E-state index contributed by atoms with van der Waals surface area (Å²) < 4.78 is 39.8. The molecule has 0 aromatic heterocycles. The van der Waals surface area contributed by atoms with Gasteiger partial charge in [0.05, 0.1) is 6.61 Å². The van der Waals surface area contributed by atoms with E-state index in [9.17, 15) is 13.2 Å². The Balaban J connectivity index is 3.70. The Hall–Kier alpha value is -0.750. The van der Waals surface area contributed by atoms with Crippen molar-refractivity contribution in [3.63, 3.8) is 0 Å². The van der Waals surface area contributed by atoms with Gasteiger partial charge in [0, 0.05) is 19.4 Å². The lowest BCUT2D eigenvalue weighted by Crippen LogP contribution is -2.38. The second-order valence-electron chi connectivity index (χ2n) is 2.47. The lowest BCUT2D eigenvalue weighted by molar-refractivity contribution is -0.201. The molecule has 0 saturated carbocycles. The van der Waals surface area contributed by atoms with E-state index in [1.54, 1.807) is 0 Å². The zero-order valence-electron chi connectivity index (χ0n) is 7.19. The predicted octanol–water partition coefficient (Wildman–Crippen LogP) is 0.659. The standard InChI is InChI=1S/C7H12F3NO2/c1-5(4-13-2)11-3-6(12)7(8,9)10/h6,11-12H,1,3-4H2,2H3. The first-order valence-corrected chi connectivity index (χ1v) is 3.53. The summed E-state index contributed by atoms with van der Waals surface area (Å²) in [7, 11) is 1.40. The summed E-state index contributed by atoms with van der Waals surface area (Å²) in [6.45, 7) is 2.89. The van der Waals surface area contributed by atoms with E-state index in [0.717, 1.165) is 0 Å². The van der Waals surface area contributed by atoms with E-state index in [4.69, 9.17) is 5.11 Å². The fraction of sp³-hybridized carbons (Fsp3) is 0.714. The molecule has 0 aliphatic heterocycles. The van der Waals surface area contributed by atoms with Gasteiger partial charge < -0.3 is 15.2 Å². The molecule has 0 amide bonds. The second-order valence-corrected chi connectivity index (χ2v) is 2.47. The molecule has 0 aliphatic carbocycles. The first-order chi connectivity index (χ1) is 5.88. The van der Waals surface area contributed by atoms with Crippen LogP contribution in [0.15, 0.2) is 12.3 Å². The Labute approximate surface area is 74.2 Å². The normalized spacial score (nSPS) is 13.9. The third kappa shape index (κ3) is 5.48. The van der Waals surface area contributed by atoms with Gasteiger partial charge in [-0.25, -0.2) is 0 Å². The van der Waals surface area contributed by atoms with Crippen LogP contribution in [0.25, 0.3) is 0 Å². The summed E-state index contributed by atoms with van der Waals surface area (Å²) in [5, 5.41) is 10.8. The van der Waals surface area contributed by atoms with Crippen molar-refractivity contribution in [1.29, 1.82) is 0 Å². The second kappa shape index (κ2) is 5.08. The zero-order valence-corrected chi connectivity index (χ0v) is 7.19. The van der Waals surface area contributed by atoms with E-state index in [2.05, 4.69) is 16.6 Å². The molecule has 6 heteroatoms. The molecule has 0 aliphatic rings. The third-order valence-electron chi connectivity index (χ3n) is 1.24. The minimum atomic E-state index is -4.60. The maximum absolute atomic E-state index is 11.7.